The minimum absolute atomic E-state index is 0.0334. The van der Waals surface area contributed by atoms with Crippen LogP contribution in [0.15, 0.2) is 77.8 Å². The molecule has 2 aromatic carbocycles. The predicted molar refractivity (Wildman–Crippen MR) is 142 cm³/mol. The van der Waals surface area contributed by atoms with Gasteiger partial charge >= 0.3 is 0 Å². The number of allylic oxidation sites excluding steroid dienone is 6. The number of amidine groups is 1. The number of likely N-dealkylation sites (tertiary alicyclic amines) is 1. The van der Waals surface area contributed by atoms with Crippen molar-refractivity contribution in [2.24, 2.45) is 28.3 Å². The molecule has 38 heavy (non-hydrogen) atoms. The Balaban J connectivity index is 1.56. The summed E-state index contributed by atoms with van der Waals surface area (Å²) in [6.07, 6.45) is 13.3. The van der Waals surface area contributed by atoms with Gasteiger partial charge in [0.15, 0.2) is 0 Å². The van der Waals surface area contributed by atoms with E-state index < -0.39 is 17.6 Å². The summed E-state index contributed by atoms with van der Waals surface area (Å²) in [4.78, 5) is 42.2. The zero-order valence-electron chi connectivity index (χ0n) is 21.0. The fourth-order valence-electron chi connectivity index (χ4n) is 4.54. The number of hydrogen-bond donors (Lipinski definition) is 2. The van der Waals surface area contributed by atoms with Crippen LogP contribution in [-0.2, 0) is 11.3 Å². The van der Waals surface area contributed by atoms with Crippen LogP contribution in [0.25, 0.3) is 0 Å². The van der Waals surface area contributed by atoms with Crippen molar-refractivity contribution in [1.82, 2.24) is 4.90 Å². The Labute approximate surface area is 220 Å². The van der Waals surface area contributed by atoms with Crippen molar-refractivity contribution < 1.29 is 23.5 Å². The first-order valence-electron chi connectivity index (χ1n) is 12.2. The number of carbonyl (C=O) groups is 3. The molecule has 2 atom stereocenters. The van der Waals surface area contributed by atoms with Gasteiger partial charge in [0.05, 0.1) is 5.56 Å². The molecule has 1 aliphatic carbocycles. The highest BCUT2D eigenvalue weighted by Gasteiger charge is 2.34. The van der Waals surface area contributed by atoms with Gasteiger partial charge in [-0.05, 0) is 61.6 Å². The van der Waals surface area contributed by atoms with E-state index in [0.29, 0.717) is 29.8 Å². The van der Waals surface area contributed by atoms with Gasteiger partial charge in [0.25, 0.3) is 11.8 Å². The molecule has 0 spiro atoms. The SMILES string of the molecule is CC(N)=NC(=O)c1ccc(Oc2cc(C(N)=O)c(F)cc2CN2C[C@H](C3/C=C/C=C\C=C/C3)CC2=O)cc1. The van der Waals surface area contributed by atoms with E-state index in [2.05, 4.69) is 17.1 Å². The number of halogens is 1. The first kappa shape index (κ1) is 26.5. The summed E-state index contributed by atoms with van der Waals surface area (Å²) >= 11 is 0. The lowest BCUT2D eigenvalue weighted by Gasteiger charge is -2.22. The number of amides is 3. The Kier molecular flexibility index (Phi) is 8.15. The Morgan fingerprint density at radius 2 is 1.84 bits per heavy atom. The van der Waals surface area contributed by atoms with Gasteiger partial charge in [0.1, 0.15) is 23.2 Å². The third kappa shape index (κ3) is 6.42. The van der Waals surface area contributed by atoms with Gasteiger partial charge in [0, 0.05) is 30.6 Å². The van der Waals surface area contributed by atoms with Gasteiger partial charge in [-0.1, -0.05) is 36.5 Å². The first-order valence-corrected chi connectivity index (χ1v) is 12.2. The van der Waals surface area contributed by atoms with Crippen molar-refractivity contribution >= 4 is 23.6 Å². The van der Waals surface area contributed by atoms with E-state index >= 15 is 0 Å². The number of primary amides is 1. The second-order valence-corrected chi connectivity index (χ2v) is 9.32. The Hall–Kier alpha value is -4.53. The number of aliphatic imine (C=N–C) groups is 1. The Morgan fingerprint density at radius 3 is 2.55 bits per heavy atom. The summed E-state index contributed by atoms with van der Waals surface area (Å²) in [6.45, 7) is 2.13. The monoisotopic (exact) mass is 516 g/mol. The largest absolute Gasteiger partial charge is 0.457 e. The van der Waals surface area contributed by atoms with Crippen molar-refractivity contribution in [3.05, 3.63) is 95.4 Å². The van der Waals surface area contributed by atoms with Crippen LogP contribution in [0.2, 0.25) is 0 Å². The van der Waals surface area contributed by atoms with Gasteiger partial charge in [-0.3, -0.25) is 14.4 Å². The van der Waals surface area contributed by atoms with Gasteiger partial charge in [-0.2, -0.15) is 4.99 Å². The second kappa shape index (κ2) is 11.7. The molecule has 0 saturated carbocycles. The number of ether oxygens (including phenoxy) is 1. The number of carbonyl (C=O) groups excluding carboxylic acids is 3. The maximum Gasteiger partial charge on any atom is 0.278 e. The van der Waals surface area contributed by atoms with Crippen molar-refractivity contribution in [2.75, 3.05) is 6.54 Å². The first-order chi connectivity index (χ1) is 18.2. The van der Waals surface area contributed by atoms with Crippen molar-refractivity contribution in [2.45, 2.75) is 26.3 Å². The standard InChI is InChI=1S/C29H29FN4O4/c1-18(31)33-29(37)20-9-11-23(12-10-20)38-26-15-24(28(32)36)25(30)13-22(26)17-34-16-21(14-27(34)35)19-7-5-3-2-4-6-8-19/h2-7,9-13,15,19,21H,8,14,16-17H2,1H3,(H2,32,36)(H2,31,33,37)/b3-2-,6-4-,7-5+/t19?,21-/m1/s1. The fraction of sp³-hybridized carbons (Fsp3) is 0.241. The predicted octanol–water partition coefficient (Wildman–Crippen LogP) is 4.27. The van der Waals surface area contributed by atoms with Crippen LogP contribution < -0.4 is 16.2 Å². The number of rotatable bonds is 7. The van der Waals surface area contributed by atoms with Crippen LogP contribution in [0.3, 0.4) is 0 Å². The average Bonchev–Trinajstić information content (AvgIpc) is 3.20. The van der Waals surface area contributed by atoms with Crippen LogP contribution >= 0.6 is 0 Å². The van der Waals surface area contributed by atoms with E-state index in [4.69, 9.17) is 16.2 Å². The zero-order chi connectivity index (χ0) is 27.2. The minimum Gasteiger partial charge on any atom is -0.457 e. The smallest absolute Gasteiger partial charge is 0.278 e. The molecule has 0 bridgehead atoms. The van der Waals surface area contributed by atoms with Crippen LogP contribution in [0.1, 0.15) is 46.0 Å². The molecule has 0 aromatic heterocycles. The summed E-state index contributed by atoms with van der Waals surface area (Å²) < 4.78 is 20.7. The molecule has 9 heteroatoms. The molecular formula is C29H29FN4O4. The quantitative estimate of drug-likeness (QED) is 0.420. The maximum absolute atomic E-state index is 14.7. The summed E-state index contributed by atoms with van der Waals surface area (Å²) in [7, 11) is 0. The van der Waals surface area contributed by atoms with Crippen molar-refractivity contribution in [3.63, 3.8) is 0 Å². The van der Waals surface area contributed by atoms with E-state index in [1.165, 1.54) is 31.2 Å². The van der Waals surface area contributed by atoms with Crippen molar-refractivity contribution in [1.29, 1.82) is 0 Å². The lowest BCUT2D eigenvalue weighted by atomic mass is 9.87. The third-order valence-corrected chi connectivity index (χ3v) is 6.47. The average molecular weight is 517 g/mol. The van der Waals surface area contributed by atoms with E-state index in [1.807, 2.05) is 24.3 Å². The van der Waals surface area contributed by atoms with E-state index in [0.717, 1.165) is 6.42 Å². The van der Waals surface area contributed by atoms with E-state index in [1.54, 1.807) is 17.0 Å². The summed E-state index contributed by atoms with van der Waals surface area (Å²) in [5, 5.41) is 0. The molecule has 0 radical (unpaired) electrons. The summed E-state index contributed by atoms with van der Waals surface area (Å²) in [6, 6.07) is 8.54. The maximum atomic E-state index is 14.7. The molecule has 2 aliphatic rings. The lowest BCUT2D eigenvalue weighted by Crippen LogP contribution is -2.26. The van der Waals surface area contributed by atoms with Crippen LogP contribution in [0, 0.1) is 17.7 Å². The normalized spacial score (nSPS) is 21.9. The second-order valence-electron chi connectivity index (χ2n) is 9.32. The van der Waals surface area contributed by atoms with Gasteiger partial charge in [-0.15, -0.1) is 0 Å². The van der Waals surface area contributed by atoms with E-state index in [-0.39, 0.29) is 41.4 Å². The number of nitrogens with two attached hydrogens (primary N) is 2. The molecule has 3 amide bonds. The Morgan fingerprint density at radius 1 is 1.11 bits per heavy atom. The molecule has 1 aliphatic heterocycles. The fourth-order valence-corrected chi connectivity index (χ4v) is 4.54. The molecular weight excluding hydrogens is 487 g/mol. The van der Waals surface area contributed by atoms with Gasteiger partial charge < -0.3 is 21.1 Å². The molecule has 1 heterocycles. The summed E-state index contributed by atoms with van der Waals surface area (Å²) in [5.74, 6) is -1.26. The highest BCUT2D eigenvalue weighted by Crippen LogP contribution is 2.34. The number of benzene rings is 2. The lowest BCUT2D eigenvalue weighted by molar-refractivity contribution is -0.128. The van der Waals surface area contributed by atoms with E-state index in [9.17, 15) is 18.8 Å². The molecule has 196 valence electrons. The molecule has 1 saturated heterocycles. The third-order valence-electron chi connectivity index (χ3n) is 6.47. The van der Waals surface area contributed by atoms with Crippen LogP contribution in [0.5, 0.6) is 11.5 Å². The molecule has 4 rings (SSSR count). The topological polar surface area (TPSA) is 128 Å². The van der Waals surface area contributed by atoms with Crippen molar-refractivity contribution in [3.8, 4) is 11.5 Å². The summed E-state index contributed by atoms with van der Waals surface area (Å²) in [5.41, 5.74) is 11.2. The molecule has 1 unspecified atom stereocenters. The number of hydrogen-bond acceptors (Lipinski definition) is 4. The minimum atomic E-state index is -0.939. The number of nitrogens with zero attached hydrogens (tertiary/aromatic N) is 2. The highest BCUT2D eigenvalue weighted by atomic mass is 19.1. The van der Waals surface area contributed by atoms with Gasteiger partial charge in [0.2, 0.25) is 5.91 Å². The Bertz CT molecular complexity index is 1360. The molecule has 4 N–H and O–H groups in total. The van der Waals surface area contributed by atoms with Crippen LogP contribution in [0.4, 0.5) is 4.39 Å². The highest BCUT2D eigenvalue weighted by molar-refractivity contribution is 6.02. The molecule has 1 fully saturated rings. The molecule has 8 nitrogen and oxygen atoms in total. The van der Waals surface area contributed by atoms with Gasteiger partial charge in [-0.25, -0.2) is 4.39 Å². The zero-order valence-corrected chi connectivity index (χ0v) is 21.0. The molecule has 2 aromatic rings. The van der Waals surface area contributed by atoms with Crippen LogP contribution in [-0.4, -0.2) is 35.0 Å².